The lowest BCUT2D eigenvalue weighted by Gasteiger charge is -2.09. The maximum Gasteiger partial charge on any atom is 0.343 e. The molecule has 154 valence electrons. The van der Waals surface area contributed by atoms with Crippen LogP contribution in [-0.2, 0) is 0 Å². The van der Waals surface area contributed by atoms with Crippen LogP contribution < -0.4 is 20.7 Å². The smallest absolute Gasteiger partial charge is 0.343 e. The first-order valence-electron chi connectivity index (χ1n) is 9.37. The minimum atomic E-state index is -0.543. The maximum atomic E-state index is 12.4. The summed E-state index contributed by atoms with van der Waals surface area (Å²) in [5.41, 5.74) is 1.43. The van der Waals surface area contributed by atoms with E-state index in [0.717, 1.165) is 6.42 Å². The summed E-state index contributed by atoms with van der Waals surface area (Å²) in [6.45, 7) is 2.54. The minimum Gasteiger partial charge on any atom is -0.423 e. The SMILES string of the molecule is CCCNC(=O)Nc1cccc(OC(=O)c2ccc(NC(=O)c3cccs3)cc2)c1. The normalized spacial score (nSPS) is 10.2. The number of carbonyl (C=O) groups is 3. The molecule has 0 aliphatic rings. The van der Waals surface area contributed by atoms with E-state index in [1.807, 2.05) is 12.3 Å². The molecule has 0 aliphatic heterocycles. The standard InChI is InChI=1S/C22H21N3O4S/c1-2-12-23-22(28)25-17-5-3-6-18(14-17)29-21(27)15-8-10-16(11-9-15)24-20(26)19-7-4-13-30-19/h3-11,13-14H,2,12H2,1H3,(H,24,26)(H2,23,25,28). The number of carbonyl (C=O) groups excluding carboxylic acids is 3. The van der Waals surface area contributed by atoms with Gasteiger partial charge < -0.3 is 20.7 Å². The highest BCUT2D eigenvalue weighted by Crippen LogP contribution is 2.20. The molecule has 0 spiro atoms. The number of esters is 1. The second-order valence-corrected chi connectivity index (χ2v) is 7.25. The van der Waals surface area contributed by atoms with Crippen molar-refractivity contribution in [2.24, 2.45) is 0 Å². The van der Waals surface area contributed by atoms with Crippen molar-refractivity contribution >= 4 is 40.6 Å². The summed E-state index contributed by atoms with van der Waals surface area (Å²) in [6.07, 6.45) is 0.835. The molecule has 0 bridgehead atoms. The number of amides is 3. The number of urea groups is 1. The van der Waals surface area contributed by atoms with Crippen LogP contribution in [0.3, 0.4) is 0 Å². The van der Waals surface area contributed by atoms with Gasteiger partial charge in [0.1, 0.15) is 5.75 Å². The monoisotopic (exact) mass is 423 g/mol. The Morgan fingerprint density at radius 3 is 2.43 bits per heavy atom. The largest absolute Gasteiger partial charge is 0.423 e. The van der Waals surface area contributed by atoms with Crippen molar-refractivity contribution in [3.63, 3.8) is 0 Å². The van der Waals surface area contributed by atoms with Gasteiger partial charge in [0.15, 0.2) is 0 Å². The maximum absolute atomic E-state index is 12.4. The third-order valence-corrected chi connectivity index (χ3v) is 4.83. The molecule has 7 nitrogen and oxygen atoms in total. The minimum absolute atomic E-state index is 0.201. The molecule has 0 radical (unpaired) electrons. The van der Waals surface area contributed by atoms with Gasteiger partial charge in [-0.2, -0.15) is 0 Å². The topological polar surface area (TPSA) is 96.5 Å². The summed E-state index contributed by atoms with van der Waals surface area (Å²) >= 11 is 1.35. The van der Waals surface area contributed by atoms with Crippen LogP contribution in [0.5, 0.6) is 5.75 Å². The van der Waals surface area contributed by atoms with Gasteiger partial charge in [0.2, 0.25) is 0 Å². The lowest BCUT2D eigenvalue weighted by molar-refractivity contribution is 0.0734. The van der Waals surface area contributed by atoms with Gasteiger partial charge in [-0.05, 0) is 54.3 Å². The summed E-state index contributed by atoms with van der Waals surface area (Å²) in [7, 11) is 0. The fourth-order valence-electron chi connectivity index (χ4n) is 2.51. The molecule has 8 heteroatoms. The van der Waals surface area contributed by atoms with E-state index in [9.17, 15) is 14.4 Å². The fourth-order valence-corrected chi connectivity index (χ4v) is 3.13. The van der Waals surface area contributed by atoms with Crippen molar-refractivity contribution in [3.8, 4) is 5.75 Å². The third-order valence-electron chi connectivity index (χ3n) is 3.96. The van der Waals surface area contributed by atoms with Crippen LogP contribution in [0.2, 0.25) is 0 Å². The molecule has 3 rings (SSSR count). The zero-order valence-corrected chi connectivity index (χ0v) is 17.1. The van der Waals surface area contributed by atoms with Crippen molar-refractivity contribution in [1.82, 2.24) is 5.32 Å². The Bertz CT molecular complexity index is 1020. The Labute approximate surface area is 178 Å². The van der Waals surface area contributed by atoms with Crippen molar-refractivity contribution in [2.45, 2.75) is 13.3 Å². The highest BCUT2D eigenvalue weighted by molar-refractivity contribution is 7.12. The number of hydrogen-bond donors (Lipinski definition) is 3. The number of anilines is 2. The highest BCUT2D eigenvalue weighted by atomic mass is 32.1. The lowest BCUT2D eigenvalue weighted by Crippen LogP contribution is -2.29. The molecule has 3 N–H and O–H groups in total. The van der Waals surface area contributed by atoms with E-state index in [1.165, 1.54) is 11.3 Å². The van der Waals surface area contributed by atoms with Gasteiger partial charge in [-0.25, -0.2) is 9.59 Å². The zero-order chi connectivity index (χ0) is 21.3. The first-order chi connectivity index (χ1) is 14.5. The molecule has 2 aromatic carbocycles. The van der Waals surface area contributed by atoms with E-state index >= 15 is 0 Å². The third kappa shape index (κ3) is 5.92. The summed E-state index contributed by atoms with van der Waals surface area (Å²) in [6, 6.07) is 16.2. The fraction of sp³-hybridized carbons (Fsp3) is 0.136. The Kier molecular flexibility index (Phi) is 7.18. The molecule has 3 aromatic rings. The molecule has 3 amide bonds. The van der Waals surface area contributed by atoms with E-state index in [1.54, 1.807) is 60.7 Å². The summed E-state index contributed by atoms with van der Waals surface area (Å²) in [4.78, 5) is 36.8. The summed E-state index contributed by atoms with van der Waals surface area (Å²) in [5, 5.41) is 10.00. The molecule has 0 atom stereocenters. The quantitative estimate of drug-likeness (QED) is 0.377. The van der Waals surface area contributed by atoms with Gasteiger partial charge in [0.25, 0.3) is 5.91 Å². The van der Waals surface area contributed by atoms with Gasteiger partial charge >= 0.3 is 12.0 Å². The van der Waals surface area contributed by atoms with Gasteiger partial charge in [-0.15, -0.1) is 11.3 Å². The number of nitrogens with one attached hydrogen (secondary N) is 3. The van der Waals surface area contributed by atoms with Gasteiger partial charge in [-0.3, -0.25) is 4.79 Å². The molecular weight excluding hydrogens is 402 g/mol. The molecule has 1 aromatic heterocycles. The Morgan fingerprint density at radius 1 is 0.933 bits per heavy atom. The molecule has 0 saturated heterocycles. The number of benzene rings is 2. The summed E-state index contributed by atoms with van der Waals surface area (Å²) in [5.74, 6) is -0.435. The lowest BCUT2D eigenvalue weighted by atomic mass is 10.2. The first-order valence-corrected chi connectivity index (χ1v) is 10.2. The molecule has 0 fully saturated rings. The van der Waals surface area contributed by atoms with E-state index in [-0.39, 0.29) is 11.9 Å². The second-order valence-electron chi connectivity index (χ2n) is 6.31. The Morgan fingerprint density at radius 2 is 1.73 bits per heavy atom. The van der Waals surface area contributed by atoms with E-state index in [0.29, 0.717) is 34.1 Å². The van der Waals surface area contributed by atoms with Crippen molar-refractivity contribution in [3.05, 3.63) is 76.5 Å². The number of ether oxygens (including phenoxy) is 1. The zero-order valence-electron chi connectivity index (χ0n) is 16.3. The van der Waals surface area contributed by atoms with E-state index in [4.69, 9.17) is 4.74 Å². The molecule has 0 unspecified atom stereocenters. The van der Waals surface area contributed by atoms with Crippen LogP contribution in [-0.4, -0.2) is 24.5 Å². The Balaban J connectivity index is 1.58. The molecule has 0 saturated carbocycles. The van der Waals surface area contributed by atoms with Crippen LogP contribution in [0.15, 0.2) is 66.0 Å². The molecule has 0 aliphatic carbocycles. The number of rotatable bonds is 7. The average Bonchev–Trinajstić information content (AvgIpc) is 3.28. The van der Waals surface area contributed by atoms with Gasteiger partial charge in [0, 0.05) is 24.0 Å². The predicted molar refractivity (Wildman–Crippen MR) is 117 cm³/mol. The van der Waals surface area contributed by atoms with Crippen LogP contribution in [0.25, 0.3) is 0 Å². The van der Waals surface area contributed by atoms with Crippen LogP contribution in [0.1, 0.15) is 33.4 Å². The number of hydrogen-bond acceptors (Lipinski definition) is 5. The predicted octanol–water partition coefficient (Wildman–Crippen LogP) is 4.75. The van der Waals surface area contributed by atoms with Gasteiger partial charge in [0.05, 0.1) is 10.4 Å². The van der Waals surface area contributed by atoms with E-state index in [2.05, 4.69) is 16.0 Å². The van der Waals surface area contributed by atoms with Crippen molar-refractivity contribution in [2.75, 3.05) is 17.2 Å². The second kappa shape index (κ2) is 10.2. The molecular formula is C22H21N3O4S. The molecule has 30 heavy (non-hydrogen) atoms. The van der Waals surface area contributed by atoms with Crippen LogP contribution in [0.4, 0.5) is 16.2 Å². The van der Waals surface area contributed by atoms with Crippen LogP contribution >= 0.6 is 11.3 Å². The first kappa shape index (κ1) is 21.1. The Hall–Kier alpha value is -3.65. The van der Waals surface area contributed by atoms with Crippen molar-refractivity contribution < 1.29 is 19.1 Å². The van der Waals surface area contributed by atoms with Crippen LogP contribution in [0, 0.1) is 0 Å². The average molecular weight is 423 g/mol. The number of thiophene rings is 1. The van der Waals surface area contributed by atoms with E-state index < -0.39 is 5.97 Å². The summed E-state index contributed by atoms with van der Waals surface area (Å²) < 4.78 is 5.39. The van der Waals surface area contributed by atoms with Gasteiger partial charge in [-0.1, -0.05) is 19.1 Å². The molecule has 1 heterocycles. The van der Waals surface area contributed by atoms with Crippen molar-refractivity contribution in [1.29, 1.82) is 0 Å². The highest BCUT2D eigenvalue weighted by Gasteiger charge is 2.11.